The molecule has 0 heterocycles. The zero-order valence-electron chi connectivity index (χ0n) is 8.80. The van der Waals surface area contributed by atoms with E-state index in [0.29, 0.717) is 5.57 Å². The van der Waals surface area contributed by atoms with Crippen LogP contribution in [0, 0.1) is 17.6 Å². The standard InChI is InChI=1S/C12H14F2O/c1-8(2)10(7-15)6-9-4-3-5-11(13)12(9)14/h3-6,8,15H,7H2,1-2H3. The Hall–Kier alpha value is -1.22. The van der Waals surface area contributed by atoms with Gasteiger partial charge >= 0.3 is 0 Å². The number of benzene rings is 1. The Morgan fingerprint density at radius 3 is 2.60 bits per heavy atom. The molecule has 1 N–H and O–H groups in total. The van der Waals surface area contributed by atoms with Crippen LogP contribution >= 0.6 is 0 Å². The van der Waals surface area contributed by atoms with Crippen molar-refractivity contribution < 1.29 is 13.9 Å². The predicted octanol–water partition coefficient (Wildman–Crippen LogP) is 3.00. The molecular weight excluding hydrogens is 198 g/mol. The number of halogens is 2. The molecule has 0 unspecified atom stereocenters. The lowest BCUT2D eigenvalue weighted by Crippen LogP contribution is -2.00. The summed E-state index contributed by atoms with van der Waals surface area (Å²) in [7, 11) is 0. The second-order valence-electron chi connectivity index (χ2n) is 3.68. The van der Waals surface area contributed by atoms with Crippen LogP contribution in [0.3, 0.4) is 0 Å². The third kappa shape index (κ3) is 2.86. The summed E-state index contributed by atoms with van der Waals surface area (Å²) in [6.45, 7) is 3.63. The fourth-order valence-electron chi connectivity index (χ4n) is 1.23. The fourth-order valence-corrected chi connectivity index (χ4v) is 1.23. The van der Waals surface area contributed by atoms with E-state index in [-0.39, 0.29) is 18.1 Å². The van der Waals surface area contributed by atoms with Crippen molar-refractivity contribution in [2.45, 2.75) is 13.8 Å². The Labute approximate surface area is 88.1 Å². The Kier molecular flexibility index (Phi) is 3.97. The van der Waals surface area contributed by atoms with E-state index in [1.165, 1.54) is 18.2 Å². The van der Waals surface area contributed by atoms with Gasteiger partial charge in [0.1, 0.15) is 0 Å². The molecule has 0 aromatic heterocycles. The van der Waals surface area contributed by atoms with Crippen molar-refractivity contribution in [1.29, 1.82) is 0 Å². The van der Waals surface area contributed by atoms with Gasteiger partial charge in [-0.25, -0.2) is 8.78 Å². The molecule has 0 aliphatic heterocycles. The van der Waals surface area contributed by atoms with Crippen LogP contribution in [0.25, 0.3) is 6.08 Å². The molecule has 0 saturated heterocycles. The smallest absolute Gasteiger partial charge is 0.166 e. The van der Waals surface area contributed by atoms with Crippen LogP contribution < -0.4 is 0 Å². The van der Waals surface area contributed by atoms with Gasteiger partial charge in [0.25, 0.3) is 0 Å². The molecule has 0 radical (unpaired) electrons. The first kappa shape index (κ1) is 11.9. The summed E-state index contributed by atoms with van der Waals surface area (Å²) >= 11 is 0. The fraction of sp³-hybridized carbons (Fsp3) is 0.333. The van der Waals surface area contributed by atoms with Crippen LogP contribution in [0.5, 0.6) is 0 Å². The van der Waals surface area contributed by atoms with E-state index < -0.39 is 11.6 Å². The first-order valence-corrected chi connectivity index (χ1v) is 4.81. The summed E-state index contributed by atoms with van der Waals surface area (Å²) in [5.74, 6) is -1.63. The highest BCUT2D eigenvalue weighted by atomic mass is 19.2. The van der Waals surface area contributed by atoms with E-state index in [1.54, 1.807) is 0 Å². The van der Waals surface area contributed by atoms with E-state index in [9.17, 15) is 8.78 Å². The number of hydrogen-bond acceptors (Lipinski definition) is 1. The van der Waals surface area contributed by atoms with E-state index in [0.717, 1.165) is 6.07 Å². The molecule has 0 fully saturated rings. The van der Waals surface area contributed by atoms with Crippen molar-refractivity contribution in [2.75, 3.05) is 6.61 Å². The largest absolute Gasteiger partial charge is 0.392 e. The maximum Gasteiger partial charge on any atom is 0.166 e. The highest BCUT2D eigenvalue weighted by Gasteiger charge is 2.08. The monoisotopic (exact) mass is 212 g/mol. The Bertz CT molecular complexity index is 370. The average molecular weight is 212 g/mol. The van der Waals surface area contributed by atoms with E-state index in [1.807, 2.05) is 13.8 Å². The summed E-state index contributed by atoms with van der Waals surface area (Å²) in [4.78, 5) is 0. The first-order valence-electron chi connectivity index (χ1n) is 4.81. The molecule has 1 nitrogen and oxygen atoms in total. The van der Waals surface area contributed by atoms with Crippen LogP contribution in [0.2, 0.25) is 0 Å². The minimum absolute atomic E-state index is 0.109. The number of hydrogen-bond donors (Lipinski definition) is 1. The highest BCUT2D eigenvalue weighted by Crippen LogP contribution is 2.18. The quantitative estimate of drug-likeness (QED) is 0.816. The van der Waals surface area contributed by atoms with Gasteiger partial charge in [0.05, 0.1) is 6.61 Å². The van der Waals surface area contributed by atoms with Gasteiger partial charge in [0.15, 0.2) is 11.6 Å². The zero-order valence-corrected chi connectivity index (χ0v) is 8.80. The van der Waals surface area contributed by atoms with Crippen molar-refractivity contribution in [1.82, 2.24) is 0 Å². The molecule has 82 valence electrons. The molecule has 1 aromatic rings. The van der Waals surface area contributed by atoms with Crippen molar-refractivity contribution in [3.05, 3.63) is 41.0 Å². The summed E-state index contributed by atoms with van der Waals surface area (Å²) < 4.78 is 26.1. The molecule has 15 heavy (non-hydrogen) atoms. The second kappa shape index (κ2) is 5.03. The molecular formula is C12H14F2O. The molecule has 0 atom stereocenters. The van der Waals surface area contributed by atoms with Gasteiger partial charge in [-0.2, -0.15) is 0 Å². The lowest BCUT2D eigenvalue weighted by atomic mass is 10.0. The van der Waals surface area contributed by atoms with Crippen LogP contribution in [-0.2, 0) is 0 Å². The maximum atomic E-state index is 13.3. The van der Waals surface area contributed by atoms with Gasteiger partial charge in [-0.3, -0.25) is 0 Å². The van der Waals surface area contributed by atoms with Crippen LogP contribution in [0.15, 0.2) is 23.8 Å². The molecule has 0 amide bonds. The van der Waals surface area contributed by atoms with Gasteiger partial charge in [0.2, 0.25) is 0 Å². The summed E-state index contributed by atoms with van der Waals surface area (Å²) in [5, 5.41) is 9.03. The predicted molar refractivity (Wildman–Crippen MR) is 56.3 cm³/mol. The summed E-state index contributed by atoms with van der Waals surface area (Å²) in [6.07, 6.45) is 1.49. The molecule has 0 spiro atoms. The Morgan fingerprint density at radius 1 is 1.40 bits per heavy atom. The lowest BCUT2D eigenvalue weighted by molar-refractivity contribution is 0.320. The summed E-state index contributed by atoms with van der Waals surface area (Å²) in [5.41, 5.74) is 0.854. The summed E-state index contributed by atoms with van der Waals surface area (Å²) in [6, 6.07) is 4.00. The van der Waals surface area contributed by atoms with Gasteiger partial charge in [0, 0.05) is 5.56 Å². The van der Waals surface area contributed by atoms with Gasteiger partial charge in [-0.05, 0) is 17.6 Å². The molecule has 0 bridgehead atoms. The first-order chi connectivity index (χ1) is 7.06. The number of aliphatic hydroxyl groups is 1. The average Bonchev–Trinajstić information content (AvgIpc) is 2.19. The van der Waals surface area contributed by atoms with Gasteiger partial charge in [-0.15, -0.1) is 0 Å². The minimum Gasteiger partial charge on any atom is -0.392 e. The normalized spacial score (nSPS) is 12.3. The highest BCUT2D eigenvalue weighted by molar-refractivity contribution is 5.54. The lowest BCUT2D eigenvalue weighted by Gasteiger charge is -2.08. The third-order valence-corrected chi connectivity index (χ3v) is 2.25. The van der Waals surface area contributed by atoms with E-state index >= 15 is 0 Å². The van der Waals surface area contributed by atoms with Crippen molar-refractivity contribution in [3.8, 4) is 0 Å². The Morgan fingerprint density at radius 2 is 2.07 bits per heavy atom. The maximum absolute atomic E-state index is 13.3. The molecule has 0 aliphatic carbocycles. The second-order valence-corrected chi connectivity index (χ2v) is 3.68. The van der Waals surface area contributed by atoms with Crippen LogP contribution in [0.1, 0.15) is 19.4 Å². The van der Waals surface area contributed by atoms with E-state index in [2.05, 4.69) is 0 Å². The molecule has 3 heteroatoms. The molecule has 0 aliphatic rings. The van der Waals surface area contributed by atoms with Gasteiger partial charge < -0.3 is 5.11 Å². The van der Waals surface area contributed by atoms with Crippen molar-refractivity contribution >= 4 is 6.08 Å². The molecule has 1 aromatic carbocycles. The topological polar surface area (TPSA) is 20.2 Å². The van der Waals surface area contributed by atoms with Gasteiger partial charge in [-0.1, -0.05) is 32.1 Å². The van der Waals surface area contributed by atoms with Crippen molar-refractivity contribution in [3.63, 3.8) is 0 Å². The third-order valence-electron chi connectivity index (χ3n) is 2.25. The van der Waals surface area contributed by atoms with Crippen LogP contribution in [-0.4, -0.2) is 11.7 Å². The number of rotatable bonds is 3. The van der Waals surface area contributed by atoms with E-state index in [4.69, 9.17) is 5.11 Å². The molecule has 1 rings (SSSR count). The minimum atomic E-state index is -0.871. The number of aliphatic hydroxyl groups excluding tert-OH is 1. The Balaban J connectivity index is 3.11. The van der Waals surface area contributed by atoms with Crippen molar-refractivity contribution in [2.24, 2.45) is 5.92 Å². The van der Waals surface area contributed by atoms with Crippen LogP contribution in [0.4, 0.5) is 8.78 Å². The SMILES string of the molecule is CC(C)C(=Cc1cccc(F)c1F)CO. The zero-order chi connectivity index (χ0) is 11.4. The molecule has 0 saturated carbocycles.